The average Bonchev–Trinajstić information content (AvgIpc) is 3.13. The van der Waals surface area contributed by atoms with Crippen LogP contribution in [0.4, 0.5) is 0 Å². The normalized spacial score (nSPS) is 17.2. The number of thiazole rings is 1. The molecular weight excluding hydrogens is 435 g/mol. The van der Waals surface area contributed by atoms with Crippen molar-refractivity contribution < 1.29 is 0 Å². The Morgan fingerprint density at radius 1 is 1.42 bits per heavy atom. The summed E-state index contributed by atoms with van der Waals surface area (Å²) in [5, 5.41) is 8.96. The molecule has 2 N–H and O–H groups in total. The summed E-state index contributed by atoms with van der Waals surface area (Å²) >= 11 is 1.65. The fraction of sp³-hybridized carbons (Fsp3) is 0.625. The lowest BCUT2D eigenvalue weighted by atomic mass is 10.0. The van der Waals surface area contributed by atoms with E-state index in [1.165, 1.54) is 12.8 Å². The molecule has 0 radical (unpaired) electrons. The number of nitrogens with zero attached hydrogens (tertiary/aromatic N) is 4. The zero-order valence-electron chi connectivity index (χ0n) is 14.5. The molecule has 0 spiro atoms. The molecule has 0 unspecified atom stereocenters. The molecule has 1 aliphatic heterocycles. The van der Waals surface area contributed by atoms with Crippen LogP contribution in [0, 0.1) is 0 Å². The SMILES string of the molecule is CN=C(NCc1cn2ccsc2n1)NC1CCN(C(C)C)CC1.I. The van der Waals surface area contributed by atoms with Crippen LogP contribution >= 0.6 is 35.3 Å². The highest BCUT2D eigenvalue weighted by molar-refractivity contribution is 14.0. The summed E-state index contributed by atoms with van der Waals surface area (Å²) in [6, 6.07) is 1.14. The summed E-state index contributed by atoms with van der Waals surface area (Å²) in [5.74, 6) is 0.865. The number of hydrogen-bond acceptors (Lipinski definition) is 4. The van der Waals surface area contributed by atoms with Gasteiger partial charge in [0.1, 0.15) is 0 Å². The molecular formula is C16H27IN6S. The minimum atomic E-state index is 0. The quantitative estimate of drug-likeness (QED) is 0.417. The lowest BCUT2D eigenvalue weighted by Gasteiger charge is -2.35. The van der Waals surface area contributed by atoms with Crippen molar-refractivity contribution in [2.24, 2.45) is 4.99 Å². The summed E-state index contributed by atoms with van der Waals surface area (Å²) < 4.78 is 2.06. The molecule has 0 atom stereocenters. The Morgan fingerprint density at radius 2 is 2.17 bits per heavy atom. The van der Waals surface area contributed by atoms with Gasteiger partial charge in [0.2, 0.25) is 0 Å². The van der Waals surface area contributed by atoms with Crippen molar-refractivity contribution >= 4 is 46.2 Å². The third-order valence-electron chi connectivity index (χ3n) is 4.40. The summed E-state index contributed by atoms with van der Waals surface area (Å²) in [6.45, 7) is 7.54. The van der Waals surface area contributed by atoms with Crippen molar-refractivity contribution in [1.82, 2.24) is 24.9 Å². The van der Waals surface area contributed by atoms with Gasteiger partial charge in [-0.25, -0.2) is 4.98 Å². The summed E-state index contributed by atoms with van der Waals surface area (Å²) in [7, 11) is 1.82. The van der Waals surface area contributed by atoms with Crippen LogP contribution < -0.4 is 10.6 Å². The molecule has 1 fully saturated rings. The fourth-order valence-corrected chi connectivity index (χ4v) is 3.70. The van der Waals surface area contributed by atoms with Crippen molar-refractivity contribution in [2.45, 2.75) is 45.3 Å². The minimum absolute atomic E-state index is 0. The molecule has 0 amide bonds. The Bertz CT molecular complexity index is 628. The van der Waals surface area contributed by atoms with E-state index in [1.807, 2.05) is 18.6 Å². The standard InChI is InChI=1S/C16H26N6S.HI/c1-12(2)21-6-4-13(5-7-21)19-15(17-3)18-10-14-11-22-8-9-23-16(22)20-14;/h8-9,11-13H,4-7,10H2,1-3H3,(H2,17,18,19);1H. The molecule has 2 aromatic rings. The van der Waals surface area contributed by atoms with Gasteiger partial charge in [-0.2, -0.15) is 0 Å². The topological polar surface area (TPSA) is 57.0 Å². The number of aliphatic imine (C=N–C) groups is 1. The predicted molar refractivity (Wildman–Crippen MR) is 112 cm³/mol. The second kappa shape index (κ2) is 9.00. The van der Waals surface area contributed by atoms with Crippen LogP contribution in [0.5, 0.6) is 0 Å². The van der Waals surface area contributed by atoms with E-state index in [1.54, 1.807) is 11.3 Å². The zero-order chi connectivity index (χ0) is 16.2. The summed E-state index contributed by atoms with van der Waals surface area (Å²) in [4.78, 5) is 12.5. The van der Waals surface area contributed by atoms with Gasteiger partial charge in [-0.3, -0.25) is 9.39 Å². The fourth-order valence-electron chi connectivity index (χ4n) is 2.98. The molecule has 24 heavy (non-hydrogen) atoms. The number of piperidine rings is 1. The first-order valence-corrected chi connectivity index (χ1v) is 9.16. The number of halogens is 1. The van der Waals surface area contributed by atoms with Crippen LogP contribution in [0.25, 0.3) is 4.96 Å². The third kappa shape index (κ3) is 4.82. The van der Waals surface area contributed by atoms with Crippen LogP contribution in [0.1, 0.15) is 32.4 Å². The first kappa shape index (κ1) is 19.5. The Morgan fingerprint density at radius 3 is 2.79 bits per heavy atom. The molecule has 0 aliphatic carbocycles. The number of aromatic nitrogens is 2. The molecule has 8 heteroatoms. The molecule has 2 aromatic heterocycles. The Kier molecular flexibility index (Phi) is 7.30. The van der Waals surface area contributed by atoms with Crippen molar-refractivity contribution in [3.8, 4) is 0 Å². The maximum atomic E-state index is 4.58. The molecule has 134 valence electrons. The van der Waals surface area contributed by atoms with Crippen molar-refractivity contribution in [3.63, 3.8) is 0 Å². The van der Waals surface area contributed by atoms with Gasteiger partial charge >= 0.3 is 0 Å². The van der Waals surface area contributed by atoms with E-state index in [-0.39, 0.29) is 24.0 Å². The highest BCUT2D eigenvalue weighted by Gasteiger charge is 2.21. The van der Waals surface area contributed by atoms with E-state index < -0.39 is 0 Å². The zero-order valence-corrected chi connectivity index (χ0v) is 17.7. The van der Waals surface area contributed by atoms with Gasteiger partial charge in [0.15, 0.2) is 10.9 Å². The van der Waals surface area contributed by atoms with Gasteiger partial charge in [0.25, 0.3) is 0 Å². The van der Waals surface area contributed by atoms with Crippen molar-refractivity contribution in [3.05, 3.63) is 23.5 Å². The highest BCUT2D eigenvalue weighted by Crippen LogP contribution is 2.13. The molecule has 0 bridgehead atoms. The molecule has 1 aliphatic rings. The Balaban J connectivity index is 0.00000208. The van der Waals surface area contributed by atoms with Gasteiger partial charge in [0, 0.05) is 50.0 Å². The first-order chi connectivity index (χ1) is 11.2. The molecule has 0 saturated carbocycles. The van der Waals surface area contributed by atoms with E-state index in [2.05, 4.69) is 50.0 Å². The van der Waals surface area contributed by atoms with Crippen molar-refractivity contribution in [1.29, 1.82) is 0 Å². The number of hydrogen-bond donors (Lipinski definition) is 2. The smallest absolute Gasteiger partial charge is 0.193 e. The largest absolute Gasteiger partial charge is 0.354 e. The van der Waals surface area contributed by atoms with Gasteiger partial charge in [-0.1, -0.05) is 0 Å². The second-order valence-corrected chi connectivity index (χ2v) is 7.17. The van der Waals surface area contributed by atoms with Crippen LogP contribution in [0.3, 0.4) is 0 Å². The third-order valence-corrected chi connectivity index (χ3v) is 5.18. The number of guanidine groups is 1. The van der Waals surface area contributed by atoms with E-state index in [9.17, 15) is 0 Å². The van der Waals surface area contributed by atoms with Gasteiger partial charge in [0.05, 0.1) is 12.2 Å². The highest BCUT2D eigenvalue weighted by atomic mass is 127. The van der Waals surface area contributed by atoms with Gasteiger partial charge in [-0.05, 0) is 26.7 Å². The summed E-state index contributed by atoms with van der Waals surface area (Å²) in [5.41, 5.74) is 1.04. The van der Waals surface area contributed by atoms with Crippen molar-refractivity contribution in [2.75, 3.05) is 20.1 Å². The lowest BCUT2D eigenvalue weighted by Crippen LogP contribution is -2.49. The molecule has 3 heterocycles. The van der Waals surface area contributed by atoms with Crippen LogP contribution in [0.15, 0.2) is 22.8 Å². The van der Waals surface area contributed by atoms with Crippen LogP contribution in [-0.4, -0.2) is 52.5 Å². The predicted octanol–water partition coefficient (Wildman–Crippen LogP) is 2.55. The maximum absolute atomic E-state index is 4.58. The molecule has 3 rings (SSSR count). The number of nitrogens with one attached hydrogen (secondary N) is 2. The monoisotopic (exact) mass is 462 g/mol. The van der Waals surface area contributed by atoms with E-state index in [0.717, 1.165) is 29.7 Å². The number of likely N-dealkylation sites (tertiary alicyclic amines) is 1. The minimum Gasteiger partial charge on any atom is -0.354 e. The van der Waals surface area contributed by atoms with E-state index >= 15 is 0 Å². The number of fused-ring (bicyclic) bond motifs is 1. The van der Waals surface area contributed by atoms with Crippen LogP contribution in [-0.2, 0) is 6.54 Å². The summed E-state index contributed by atoms with van der Waals surface area (Å²) in [6.07, 6.45) is 6.43. The van der Waals surface area contributed by atoms with Gasteiger partial charge < -0.3 is 15.5 Å². The first-order valence-electron chi connectivity index (χ1n) is 8.28. The Labute approximate surface area is 164 Å². The number of imidazole rings is 1. The Hall–Kier alpha value is -0.870. The molecule has 6 nitrogen and oxygen atoms in total. The lowest BCUT2D eigenvalue weighted by molar-refractivity contribution is 0.167. The van der Waals surface area contributed by atoms with E-state index in [0.29, 0.717) is 18.6 Å². The second-order valence-electron chi connectivity index (χ2n) is 6.30. The average molecular weight is 462 g/mol. The number of rotatable bonds is 4. The van der Waals surface area contributed by atoms with E-state index in [4.69, 9.17) is 0 Å². The maximum Gasteiger partial charge on any atom is 0.193 e. The van der Waals surface area contributed by atoms with Gasteiger partial charge in [-0.15, -0.1) is 35.3 Å². The molecule has 1 saturated heterocycles. The molecule has 0 aromatic carbocycles. The van der Waals surface area contributed by atoms with Crippen LogP contribution in [0.2, 0.25) is 0 Å².